The highest BCUT2D eigenvalue weighted by molar-refractivity contribution is 9.09. The predicted molar refractivity (Wildman–Crippen MR) is 96.1 cm³/mol. The maximum absolute atomic E-state index is 12.5. The minimum absolute atomic E-state index is 0.324. The van der Waals surface area contributed by atoms with Gasteiger partial charge in [0.2, 0.25) is 0 Å². The summed E-state index contributed by atoms with van der Waals surface area (Å²) in [5.41, 5.74) is 1.21. The van der Waals surface area contributed by atoms with Gasteiger partial charge in [-0.1, -0.05) is 40.2 Å². The molecule has 0 atom stereocenters. The average molecular weight is 393 g/mol. The molecule has 0 aliphatic rings. The predicted octanol–water partition coefficient (Wildman–Crippen LogP) is 4.27. The minimum Gasteiger partial charge on any atom is -0.453 e. The van der Waals surface area contributed by atoms with E-state index in [0.29, 0.717) is 23.3 Å². The Kier molecular flexibility index (Phi) is 6.62. The normalized spacial score (nSPS) is 9.92. The number of hydrogen-bond acceptors (Lipinski definition) is 4. The molecule has 0 radical (unpaired) electrons. The number of carbonyl (C=O) groups excluding carboxylic acids is 2. The molecule has 2 rings (SSSR count). The van der Waals surface area contributed by atoms with Crippen molar-refractivity contribution in [1.29, 1.82) is 0 Å². The molecule has 2 aromatic rings. The van der Waals surface area contributed by atoms with Gasteiger partial charge in [0, 0.05) is 29.3 Å². The van der Waals surface area contributed by atoms with E-state index in [2.05, 4.69) is 26.0 Å². The Balaban J connectivity index is 2.12. The average Bonchev–Trinajstić information content (AvgIpc) is 2.60. The molecule has 6 nitrogen and oxygen atoms in total. The highest BCUT2D eigenvalue weighted by Crippen LogP contribution is 2.20. The van der Waals surface area contributed by atoms with Crippen LogP contribution in [0.1, 0.15) is 0 Å². The molecule has 0 spiro atoms. The summed E-state index contributed by atoms with van der Waals surface area (Å²) in [7, 11) is 1.28. The Morgan fingerprint density at radius 3 is 2.54 bits per heavy atom. The molecule has 0 aliphatic heterocycles. The van der Waals surface area contributed by atoms with Crippen molar-refractivity contribution in [3.63, 3.8) is 0 Å². The first-order chi connectivity index (χ1) is 11.6. The van der Waals surface area contributed by atoms with E-state index < -0.39 is 12.2 Å². The number of carbonyl (C=O) groups is 2. The Hall–Kier alpha value is -2.54. The third-order valence-corrected chi connectivity index (χ3v) is 3.42. The molecule has 24 heavy (non-hydrogen) atoms. The number of nitrogens with zero attached hydrogens (tertiary/aromatic N) is 1. The fourth-order valence-electron chi connectivity index (χ4n) is 1.98. The van der Waals surface area contributed by atoms with E-state index in [1.165, 1.54) is 12.0 Å². The van der Waals surface area contributed by atoms with Gasteiger partial charge in [-0.25, -0.2) is 9.59 Å². The van der Waals surface area contributed by atoms with Crippen LogP contribution in [-0.4, -0.2) is 31.2 Å². The number of anilines is 2. The second-order valence-electron chi connectivity index (χ2n) is 4.69. The van der Waals surface area contributed by atoms with Gasteiger partial charge in [0.15, 0.2) is 0 Å². The van der Waals surface area contributed by atoms with Gasteiger partial charge in [-0.2, -0.15) is 0 Å². The summed E-state index contributed by atoms with van der Waals surface area (Å²) in [6, 6.07) is 15.8. The lowest BCUT2D eigenvalue weighted by atomic mass is 10.3. The molecule has 0 bridgehead atoms. The van der Waals surface area contributed by atoms with Crippen molar-refractivity contribution in [1.82, 2.24) is 0 Å². The first-order valence-electron chi connectivity index (χ1n) is 7.19. The highest BCUT2D eigenvalue weighted by Gasteiger charge is 2.17. The molecule has 126 valence electrons. The van der Waals surface area contributed by atoms with Crippen LogP contribution in [0.4, 0.5) is 21.0 Å². The standard InChI is InChI=1S/C17H17BrN2O4/c1-23-16(21)19-13-6-5-9-15(12-13)24-17(22)20(11-10-18)14-7-3-2-4-8-14/h2-9,12H,10-11H2,1H3,(H,19,21). The van der Waals surface area contributed by atoms with Crippen LogP contribution in [0, 0.1) is 0 Å². The van der Waals surface area contributed by atoms with E-state index >= 15 is 0 Å². The summed E-state index contributed by atoms with van der Waals surface area (Å²) < 4.78 is 9.95. The van der Waals surface area contributed by atoms with Gasteiger partial charge in [0.05, 0.1) is 7.11 Å². The molecule has 0 unspecified atom stereocenters. The summed E-state index contributed by atoms with van der Waals surface area (Å²) in [5, 5.41) is 3.13. The topological polar surface area (TPSA) is 67.9 Å². The van der Waals surface area contributed by atoms with Gasteiger partial charge in [0.1, 0.15) is 5.75 Å². The van der Waals surface area contributed by atoms with Crippen LogP contribution in [0.2, 0.25) is 0 Å². The quantitative estimate of drug-likeness (QED) is 0.771. The van der Waals surface area contributed by atoms with Crippen molar-refractivity contribution in [2.75, 3.05) is 29.2 Å². The number of nitrogens with one attached hydrogen (secondary N) is 1. The Bertz CT molecular complexity index is 694. The molecular formula is C17H17BrN2O4. The van der Waals surface area contributed by atoms with Crippen LogP contribution in [0.5, 0.6) is 5.75 Å². The second-order valence-corrected chi connectivity index (χ2v) is 5.48. The van der Waals surface area contributed by atoms with Crippen LogP contribution in [0.15, 0.2) is 54.6 Å². The lowest BCUT2D eigenvalue weighted by Crippen LogP contribution is -2.35. The summed E-state index contributed by atoms with van der Waals surface area (Å²) in [6.45, 7) is 0.461. The third-order valence-electron chi connectivity index (χ3n) is 3.07. The monoisotopic (exact) mass is 392 g/mol. The summed E-state index contributed by atoms with van der Waals surface area (Å²) in [6.07, 6.45) is -1.10. The van der Waals surface area contributed by atoms with Gasteiger partial charge in [0.25, 0.3) is 0 Å². The van der Waals surface area contributed by atoms with Gasteiger partial charge >= 0.3 is 12.2 Å². The number of para-hydroxylation sites is 1. The zero-order valence-corrected chi connectivity index (χ0v) is 14.7. The molecule has 1 N–H and O–H groups in total. The first-order valence-corrected chi connectivity index (χ1v) is 8.31. The van der Waals surface area contributed by atoms with Crippen molar-refractivity contribution in [2.24, 2.45) is 0 Å². The second kappa shape index (κ2) is 8.93. The van der Waals surface area contributed by atoms with E-state index in [-0.39, 0.29) is 0 Å². The summed E-state index contributed by atoms with van der Waals surface area (Å²) >= 11 is 3.34. The van der Waals surface area contributed by atoms with Crippen LogP contribution in [0.3, 0.4) is 0 Å². The van der Waals surface area contributed by atoms with Gasteiger partial charge in [-0.15, -0.1) is 0 Å². The summed E-state index contributed by atoms with van der Waals surface area (Å²) in [5.74, 6) is 0.324. The minimum atomic E-state index is -0.594. The first kappa shape index (κ1) is 17.8. The molecule has 0 saturated heterocycles. The highest BCUT2D eigenvalue weighted by atomic mass is 79.9. The number of halogens is 1. The van der Waals surface area contributed by atoms with E-state index in [0.717, 1.165) is 5.69 Å². The van der Waals surface area contributed by atoms with Crippen molar-refractivity contribution in [3.05, 3.63) is 54.6 Å². The number of alkyl halides is 1. The molecule has 0 fully saturated rings. The van der Waals surface area contributed by atoms with Gasteiger partial charge in [-0.3, -0.25) is 10.2 Å². The number of benzene rings is 2. The third kappa shape index (κ3) is 4.99. The van der Waals surface area contributed by atoms with Crippen LogP contribution in [-0.2, 0) is 4.74 Å². The van der Waals surface area contributed by atoms with E-state index in [9.17, 15) is 9.59 Å². The number of amides is 2. The largest absolute Gasteiger partial charge is 0.453 e. The molecule has 0 aromatic heterocycles. The zero-order chi connectivity index (χ0) is 17.4. The van der Waals surface area contributed by atoms with Gasteiger partial charge in [-0.05, 0) is 24.3 Å². The summed E-state index contributed by atoms with van der Waals surface area (Å²) in [4.78, 5) is 25.2. The molecule has 7 heteroatoms. The molecule has 2 amide bonds. The Morgan fingerprint density at radius 1 is 1.12 bits per heavy atom. The molecular weight excluding hydrogens is 376 g/mol. The van der Waals surface area contributed by atoms with Crippen LogP contribution >= 0.6 is 15.9 Å². The Labute approximate surface area is 148 Å². The SMILES string of the molecule is COC(=O)Nc1cccc(OC(=O)N(CCBr)c2ccccc2)c1. The number of methoxy groups -OCH3 is 1. The maximum Gasteiger partial charge on any atom is 0.419 e. The van der Waals surface area contributed by atoms with Crippen molar-refractivity contribution < 1.29 is 19.1 Å². The fourth-order valence-corrected chi connectivity index (χ4v) is 2.34. The van der Waals surface area contributed by atoms with Crippen molar-refractivity contribution in [2.45, 2.75) is 0 Å². The smallest absolute Gasteiger partial charge is 0.419 e. The van der Waals surface area contributed by atoms with E-state index in [1.54, 1.807) is 24.3 Å². The van der Waals surface area contributed by atoms with Crippen LogP contribution < -0.4 is 15.0 Å². The van der Waals surface area contributed by atoms with E-state index in [4.69, 9.17) is 4.74 Å². The lowest BCUT2D eigenvalue weighted by Gasteiger charge is -2.21. The lowest BCUT2D eigenvalue weighted by molar-refractivity contribution is 0.187. The number of ether oxygens (including phenoxy) is 2. The zero-order valence-electron chi connectivity index (χ0n) is 13.1. The van der Waals surface area contributed by atoms with E-state index in [1.807, 2.05) is 30.3 Å². The van der Waals surface area contributed by atoms with Crippen molar-refractivity contribution in [3.8, 4) is 5.75 Å². The number of hydrogen-bond donors (Lipinski definition) is 1. The Morgan fingerprint density at radius 2 is 1.88 bits per heavy atom. The molecule has 0 aliphatic carbocycles. The molecule has 0 saturated carbocycles. The molecule has 0 heterocycles. The van der Waals surface area contributed by atoms with Gasteiger partial charge < -0.3 is 9.47 Å². The number of rotatable bonds is 5. The van der Waals surface area contributed by atoms with Crippen LogP contribution in [0.25, 0.3) is 0 Å². The fraction of sp³-hybridized carbons (Fsp3) is 0.176. The van der Waals surface area contributed by atoms with Crippen molar-refractivity contribution >= 4 is 39.5 Å². The molecule has 2 aromatic carbocycles. The maximum atomic E-state index is 12.5.